The molecule has 5 nitrogen and oxygen atoms in total. The number of rotatable bonds is 4. The van der Waals surface area contributed by atoms with Crippen LogP contribution in [0.15, 0.2) is 29.2 Å². The van der Waals surface area contributed by atoms with Crippen molar-refractivity contribution in [2.75, 3.05) is 32.7 Å². The molecule has 0 aromatic carbocycles. The van der Waals surface area contributed by atoms with Crippen molar-refractivity contribution in [1.82, 2.24) is 14.4 Å². The minimum Gasteiger partial charge on any atom is -0.340 e. The van der Waals surface area contributed by atoms with Crippen LogP contribution in [-0.4, -0.2) is 53.0 Å². The van der Waals surface area contributed by atoms with Crippen molar-refractivity contribution >= 4 is 5.91 Å². The Balaban J connectivity index is 1.52. The van der Waals surface area contributed by atoms with Crippen LogP contribution in [0, 0.1) is 11.3 Å². The molecule has 2 aliphatic heterocycles. The van der Waals surface area contributed by atoms with E-state index in [2.05, 4.69) is 18.7 Å². The van der Waals surface area contributed by atoms with Gasteiger partial charge < -0.3 is 14.4 Å². The van der Waals surface area contributed by atoms with Gasteiger partial charge in [0.15, 0.2) is 0 Å². The van der Waals surface area contributed by atoms with E-state index in [0.717, 1.165) is 32.7 Å². The van der Waals surface area contributed by atoms with Gasteiger partial charge in [-0.2, -0.15) is 0 Å². The summed E-state index contributed by atoms with van der Waals surface area (Å²) in [6.45, 7) is 9.77. The summed E-state index contributed by atoms with van der Waals surface area (Å²) in [5.41, 5.74) is 0.196. The van der Waals surface area contributed by atoms with E-state index < -0.39 is 0 Å². The van der Waals surface area contributed by atoms with E-state index in [1.165, 1.54) is 17.1 Å². The van der Waals surface area contributed by atoms with Crippen molar-refractivity contribution < 1.29 is 4.79 Å². The zero-order valence-corrected chi connectivity index (χ0v) is 13.5. The Hall–Kier alpha value is -1.62. The number of carbonyl (C=O) groups excluding carboxylic acids is 1. The molecule has 5 heteroatoms. The first-order chi connectivity index (χ1) is 10.5. The molecule has 0 unspecified atom stereocenters. The minimum atomic E-state index is -0.116. The quantitative estimate of drug-likeness (QED) is 0.835. The van der Waals surface area contributed by atoms with Gasteiger partial charge in [0, 0.05) is 43.9 Å². The Bertz CT molecular complexity index is 602. The fourth-order valence-corrected chi connectivity index (χ4v) is 3.73. The number of hydrogen-bond acceptors (Lipinski definition) is 3. The van der Waals surface area contributed by atoms with E-state index in [1.807, 2.05) is 4.90 Å². The fourth-order valence-electron chi connectivity index (χ4n) is 3.73. The van der Waals surface area contributed by atoms with Crippen LogP contribution in [0.25, 0.3) is 0 Å². The Labute approximate surface area is 131 Å². The van der Waals surface area contributed by atoms with Crippen molar-refractivity contribution in [3.63, 3.8) is 0 Å². The third-order valence-electron chi connectivity index (χ3n) is 4.75. The molecule has 1 aromatic rings. The van der Waals surface area contributed by atoms with Gasteiger partial charge in [0.1, 0.15) is 6.54 Å². The normalized spacial score (nSPS) is 20.6. The molecule has 3 heterocycles. The molecule has 1 amide bonds. The topological polar surface area (TPSA) is 45.5 Å². The highest BCUT2D eigenvalue weighted by atomic mass is 16.2. The van der Waals surface area contributed by atoms with Gasteiger partial charge in [-0.25, -0.2) is 0 Å². The zero-order chi connectivity index (χ0) is 15.7. The lowest BCUT2D eigenvalue weighted by Crippen LogP contribution is -2.60. The lowest BCUT2D eigenvalue weighted by Gasteiger charge is -2.48. The number of carbonyl (C=O) groups is 1. The lowest BCUT2D eigenvalue weighted by molar-refractivity contribution is -0.143. The van der Waals surface area contributed by atoms with Gasteiger partial charge in [0.05, 0.1) is 0 Å². The maximum atomic E-state index is 12.3. The fraction of sp³-hybridized carbons (Fsp3) is 0.647. The molecule has 2 saturated heterocycles. The van der Waals surface area contributed by atoms with Gasteiger partial charge in [0.2, 0.25) is 5.91 Å². The molecular weight excluding hydrogens is 278 g/mol. The number of nitrogens with zero attached hydrogens (tertiary/aromatic N) is 3. The van der Waals surface area contributed by atoms with E-state index in [-0.39, 0.29) is 18.0 Å². The van der Waals surface area contributed by atoms with Gasteiger partial charge in [-0.15, -0.1) is 0 Å². The van der Waals surface area contributed by atoms with Crippen LogP contribution in [0.2, 0.25) is 0 Å². The molecule has 0 aliphatic carbocycles. The first kappa shape index (κ1) is 15.3. The van der Waals surface area contributed by atoms with Gasteiger partial charge >= 0.3 is 0 Å². The highest BCUT2D eigenvalue weighted by Gasteiger charge is 2.48. The minimum absolute atomic E-state index is 0.0567. The van der Waals surface area contributed by atoms with Crippen LogP contribution in [0.1, 0.15) is 20.3 Å². The van der Waals surface area contributed by atoms with Gasteiger partial charge in [-0.05, 0) is 24.9 Å². The molecule has 3 rings (SSSR count). The predicted molar refractivity (Wildman–Crippen MR) is 85.6 cm³/mol. The Kier molecular flexibility index (Phi) is 4.08. The Morgan fingerprint density at radius 2 is 2.05 bits per heavy atom. The average molecular weight is 303 g/mol. The van der Waals surface area contributed by atoms with E-state index in [9.17, 15) is 9.59 Å². The van der Waals surface area contributed by atoms with Crippen molar-refractivity contribution in [2.45, 2.75) is 26.8 Å². The zero-order valence-electron chi connectivity index (χ0n) is 13.5. The molecule has 0 bridgehead atoms. The van der Waals surface area contributed by atoms with Crippen LogP contribution in [0.4, 0.5) is 0 Å². The SMILES string of the molecule is CC(C)CN1CCC2(C1)CN(C(=O)Cn1ccccc1=O)C2. The van der Waals surface area contributed by atoms with Crippen molar-refractivity contribution in [3.05, 3.63) is 34.7 Å². The van der Waals surface area contributed by atoms with Crippen molar-refractivity contribution in [3.8, 4) is 0 Å². The monoisotopic (exact) mass is 303 g/mol. The summed E-state index contributed by atoms with van der Waals surface area (Å²) in [6, 6.07) is 4.97. The van der Waals surface area contributed by atoms with Gasteiger partial charge in [-0.3, -0.25) is 9.59 Å². The summed E-state index contributed by atoms with van der Waals surface area (Å²) < 4.78 is 1.48. The standard InChI is InChI=1S/C17H25N3O2/c1-14(2)9-18-8-6-17(11-18)12-20(13-17)16(22)10-19-7-4-3-5-15(19)21/h3-5,7,14H,6,8-13H2,1-2H3. The molecule has 0 saturated carbocycles. The van der Waals surface area contributed by atoms with Crippen LogP contribution in [0.3, 0.4) is 0 Å². The predicted octanol–water partition coefficient (Wildman–Crippen LogP) is 1.04. The van der Waals surface area contributed by atoms with Crippen LogP contribution < -0.4 is 5.56 Å². The molecule has 2 aliphatic rings. The van der Waals surface area contributed by atoms with Crippen LogP contribution >= 0.6 is 0 Å². The van der Waals surface area contributed by atoms with Crippen LogP contribution in [0.5, 0.6) is 0 Å². The van der Waals surface area contributed by atoms with Gasteiger partial charge in [-0.1, -0.05) is 19.9 Å². The number of amides is 1. The summed E-state index contributed by atoms with van der Waals surface area (Å²) in [4.78, 5) is 28.4. The van der Waals surface area contributed by atoms with E-state index in [0.29, 0.717) is 11.3 Å². The summed E-state index contributed by atoms with van der Waals surface area (Å²) in [7, 11) is 0. The number of likely N-dealkylation sites (tertiary alicyclic amines) is 2. The van der Waals surface area contributed by atoms with Crippen LogP contribution in [-0.2, 0) is 11.3 Å². The largest absolute Gasteiger partial charge is 0.340 e. The molecule has 1 aromatic heterocycles. The molecule has 120 valence electrons. The average Bonchev–Trinajstić information content (AvgIpc) is 2.83. The molecular formula is C17H25N3O2. The molecule has 1 spiro atoms. The molecule has 0 N–H and O–H groups in total. The number of hydrogen-bond donors (Lipinski definition) is 0. The molecule has 2 fully saturated rings. The second-order valence-electron chi connectivity index (χ2n) is 7.30. The first-order valence-electron chi connectivity index (χ1n) is 8.13. The van der Waals surface area contributed by atoms with E-state index in [4.69, 9.17) is 0 Å². The second kappa shape index (κ2) is 5.88. The summed E-state index contributed by atoms with van der Waals surface area (Å²) in [6.07, 6.45) is 2.87. The highest BCUT2D eigenvalue weighted by Crippen LogP contribution is 2.39. The summed E-state index contributed by atoms with van der Waals surface area (Å²) in [5, 5.41) is 0. The van der Waals surface area contributed by atoms with E-state index >= 15 is 0 Å². The lowest BCUT2D eigenvalue weighted by atomic mass is 9.79. The molecule has 0 radical (unpaired) electrons. The second-order valence-corrected chi connectivity index (χ2v) is 7.30. The molecule has 22 heavy (non-hydrogen) atoms. The van der Waals surface area contributed by atoms with Crippen molar-refractivity contribution in [2.24, 2.45) is 11.3 Å². The number of aromatic nitrogens is 1. The Morgan fingerprint density at radius 3 is 2.73 bits per heavy atom. The summed E-state index contributed by atoms with van der Waals surface area (Å²) in [5.74, 6) is 0.749. The summed E-state index contributed by atoms with van der Waals surface area (Å²) >= 11 is 0. The first-order valence-corrected chi connectivity index (χ1v) is 8.13. The maximum absolute atomic E-state index is 12.3. The molecule has 0 atom stereocenters. The third kappa shape index (κ3) is 3.09. The van der Waals surface area contributed by atoms with Crippen molar-refractivity contribution in [1.29, 1.82) is 0 Å². The third-order valence-corrected chi connectivity index (χ3v) is 4.75. The van der Waals surface area contributed by atoms with Gasteiger partial charge in [0.25, 0.3) is 5.56 Å². The Morgan fingerprint density at radius 1 is 1.27 bits per heavy atom. The maximum Gasteiger partial charge on any atom is 0.250 e. The number of pyridine rings is 1. The highest BCUT2D eigenvalue weighted by molar-refractivity contribution is 5.77. The van der Waals surface area contributed by atoms with E-state index in [1.54, 1.807) is 18.3 Å². The smallest absolute Gasteiger partial charge is 0.250 e.